The van der Waals surface area contributed by atoms with E-state index in [1.807, 2.05) is 17.9 Å². The molecular formula is C9H15IN2O. The Morgan fingerprint density at radius 2 is 2.38 bits per heavy atom. The highest BCUT2D eigenvalue weighted by atomic mass is 127. The zero-order chi connectivity index (χ0) is 9.84. The molecule has 13 heavy (non-hydrogen) atoms. The first-order valence-electron chi connectivity index (χ1n) is 4.43. The van der Waals surface area contributed by atoms with E-state index >= 15 is 0 Å². The van der Waals surface area contributed by atoms with Gasteiger partial charge in [-0.05, 0) is 35.9 Å². The number of hydrogen-bond donors (Lipinski definition) is 0. The predicted octanol–water partition coefficient (Wildman–Crippen LogP) is 2.34. The number of aryl methyl sites for hydroxylation is 1. The molecule has 1 aromatic rings. The van der Waals surface area contributed by atoms with E-state index in [4.69, 9.17) is 4.74 Å². The molecule has 0 unspecified atom stereocenters. The third-order valence-electron chi connectivity index (χ3n) is 1.93. The molecule has 0 aliphatic rings. The Morgan fingerprint density at radius 3 is 2.85 bits per heavy atom. The van der Waals surface area contributed by atoms with Crippen LogP contribution in [0.25, 0.3) is 0 Å². The van der Waals surface area contributed by atoms with Crippen LogP contribution in [0.3, 0.4) is 0 Å². The molecular weight excluding hydrogens is 279 g/mol. The molecule has 3 nitrogen and oxygen atoms in total. The highest BCUT2D eigenvalue weighted by Gasteiger charge is 2.06. The smallest absolute Gasteiger partial charge is 0.101 e. The highest BCUT2D eigenvalue weighted by Crippen LogP contribution is 2.11. The van der Waals surface area contributed by atoms with Gasteiger partial charge in [-0.15, -0.1) is 0 Å². The quantitative estimate of drug-likeness (QED) is 0.797. The summed E-state index contributed by atoms with van der Waals surface area (Å²) in [6.07, 6.45) is 3.36. The molecule has 1 atom stereocenters. The third kappa shape index (κ3) is 3.27. The van der Waals surface area contributed by atoms with Crippen molar-refractivity contribution >= 4 is 22.6 Å². The molecule has 0 aliphatic carbocycles. The molecule has 1 aromatic heterocycles. The Labute approximate surface area is 92.6 Å². The van der Waals surface area contributed by atoms with Gasteiger partial charge in [0.2, 0.25) is 0 Å². The number of hydrogen-bond acceptors (Lipinski definition) is 2. The summed E-state index contributed by atoms with van der Waals surface area (Å²) in [4.78, 5) is 0. The maximum Gasteiger partial charge on any atom is 0.101 e. The Balaban J connectivity index is 2.49. The summed E-state index contributed by atoms with van der Waals surface area (Å²) in [7, 11) is 1.93. The van der Waals surface area contributed by atoms with Gasteiger partial charge in [-0.25, -0.2) is 0 Å². The molecule has 0 spiro atoms. The minimum Gasteiger partial charge on any atom is -0.372 e. The molecule has 0 amide bonds. The fourth-order valence-electron chi connectivity index (χ4n) is 0.942. The van der Waals surface area contributed by atoms with Gasteiger partial charge in [-0.2, -0.15) is 5.10 Å². The summed E-state index contributed by atoms with van der Waals surface area (Å²) in [5.74, 6) is 0. The van der Waals surface area contributed by atoms with Gasteiger partial charge >= 0.3 is 0 Å². The number of nitrogens with zero attached hydrogens (tertiary/aromatic N) is 2. The second kappa shape index (κ2) is 4.95. The van der Waals surface area contributed by atoms with Crippen LogP contribution in [0.15, 0.2) is 6.20 Å². The summed E-state index contributed by atoms with van der Waals surface area (Å²) in [5.41, 5.74) is 1.03. The fraction of sp³-hybridized carbons (Fsp3) is 0.667. The summed E-state index contributed by atoms with van der Waals surface area (Å²) < 4.78 is 8.58. The van der Waals surface area contributed by atoms with Crippen molar-refractivity contribution in [1.82, 2.24) is 9.78 Å². The molecule has 1 rings (SSSR count). The first-order chi connectivity index (χ1) is 6.13. The zero-order valence-electron chi connectivity index (χ0n) is 8.25. The van der Waals surface area contributed by atoms with Crippen molar-refractivity contribution in [2.24, 2.45) is 7.05 Å². The lowest BCUT2D eigenvalue weighted by molar-refractivity contribution is 0.0483. The van der Waals surface area contributed by atoms with Crippen molar-refractivity contribution in [1.29, 1.82) is 0 Å². The van der Waals surface area contributed by atoms with E-state index in [0.29, 0.717) is 12.7 Å². The lowest BCUT2D eigenvalue weighted by Crippen LogP contribution is -2.07. The van der Waals surface area contributed by atoms with Crippen molar-refractivity contribution in [2.45, 2.75) is 33.0 Å². The van der Waals surface area contributed by atoms with Gasteiger partial charge < -0.3 is 4.74 Å². The normalized spacial score (nSPS) is 13.2. The second-order valence-electron chi connectivity index (χ2n) is 3.13. The van der Waals surface area contributed by atoms with Crippen LogP contribution < -0.4 is 0 Å². The average Bonchev–Trinajstić information content (AvgIpc) is 2.41. The molecule has 0 N–H and O–H groups in total. The van der Waals surface area contributed by atoms with Crippen LogP contribution in [-0.4, -0.2) is 15.9 Å². The molecule has 0 saturated heterocycles. The Morgan fingerprint density at radius 1 is 1.69 bits per heavy atom. The largest absolute Gasteiger partial charge is 0.372 e. The lowest BCUT2D eigenvalue weighted by atomic mass is 10.3. The van der Waals surface area contributed by atoms with E-state index < -0.39 is 0 Å². The second-order valence-corrected chi connectivity index (χ2v) is 4.29. The average molecular weight is 294 g/mol. The van der Waals surface area contributed by atoms with Crippen LogP contribution in [0.5, 0.6) is 0 Å². The van der Waals surface area contributed by atoms with E-state index in [0.717, 1.165) is 12.1 Å². The van der Waals surface area contributed by atoms with Crippen LogP contribution in [0.2, 0.25) is 0 Å². The van der Waals surface area contributed by atoms with Gasteiger partial charge in [0.15, 0.2) is 0 Å². The lowest BCUT2D eigenvalue weighted by Gasteiger charge is -2.08. The van der Waals surface area contributed by atoms with Crippen LogP contribution in [0.1, 0.15) is 26.0 Å². The van der Waals surface area contributed by atoms with E-state index in [1.54, 1.807) is 0 Å². The molecule has 0 fully saturated rings. The monoisotopic (exact) mass is 294 g/mol. The van der Waals surface area contributed by atoms with E-state index in [-0.39, 0.29) is 0 Å². The molecule has 0 saturated carbocycles. The molecule has 74 valence electrons. The highest BCUT2D eigenvalue weighted by molar-refractivity contribution is 14.1. The van der Waals surface area contributed by atoms with Gasteiger partial charge in [-0.1, -0.05) is 6.92 Å². The summed E-state index contributed by atoms with van der Waals surface area (Å²) >= 11 is 2.28. The van der Waals surface area contributed by atoms with Gasteiger partial charge in [0.05, 0.1) is 16.3 Å². The van der Waals surface area contributed by atoms with E-state index in [9.17, 15) is 0 Å². The van der Waals surface area contributed by atoms with Gasteiger partial charge in [0.25, 0.3) is 0 Å². The number of aromatic nitrogens is 2. The summed E-state index contributed by atoms with van der Waals surface area (Å²) in [6.45, 7) is 4.82. The molecule has 4 heteroatoms. The zero-order valence-corrected chi connectivity index (χ0v) is 10.4. The predicted molar refractivity (Wildman–Crippen MR) is 60.5 cm³/mol. The van der Waals surface area contributed by atoms with Gasteiger partial charge in [-0.3, -0.25) is 4.68 Å². The summed E-state index contributed by atoms with van der Waals surface area (Å²) in [6, 6.07) is 0. The SMILES string of the molecule is CC[C@@H](C)OCc1nn(C)cc1I. The first-order valence-corrected chi connectivity index (χ1v) is 5.51. The van der Waals surface area contributed by atoms with Gasteiger partial charge in [0.1, 0.15) is 5.69 Å². The molecule has 0 radical (unpaired) electrons. The van der Waals surface area contributed by atoms with Crippen molar-refractivity contribution in [2.75, 3.05) is 0 Å². The standard InChI is InChI=1S/C9H15IN2O/c1-4-7(2)13-6-9-8(10)5-12(3)11-9/h5,7H,4,6H2,1-3H3/t7-/m1/s1. The van der Waals surface area contributed by atoms with Crippen LogP contribution in [-0.2, 0) is 18.4 Å². The van der Waals surface area contributed by atoms with Crippen LogP contribution in [0, 0.1) is 3.57 Å². The van der Waals surface area contributed by atoms with Gasteiger partial charge in [0, 0.05) is 13.2 Å². The summed E-state index contributed by atoms with van der Waals surface area (Å²) in [5, 5.41) is 4.30. The molecule has 1 heterocycles. The molecule has 0 aliphatic heterocycles. The minimum atomic E-state index is 0.317. The van der Waals surface area contributed by atoms with E-state index in [2.05, 4.69) is 41.5 Å². The number of halogens is 1. The fourth-order valence-corrected chi connectivity index (χ4v) is 1.61. The van der Waals surface area contributed by atoms with Crippen molar-refractivity contribution in [3.63, 3.8) is 0 Å². The topological polar surface area (TPSA) is 27.1 Å². The van der Waals surface area contributed by atoms with E-state index in [1.165, 1.54) is 3.57 Å². The maximum atomic E-state index is 5.59. The minimum absolute atomic E-state index is 0.317. The maximum absolute atomic E-state index is 5.59. The van der Waals surface area contributed by atoms with Crippen molar-refractivity contribution in [3.8, 4) is 0 Å². The molecule has 0 bridgehead atoms. The first kappa shape index (κ1) is 11.0. The van der Waals surface area contributed by atoms with Crippen LogP contribution >= 0.6 is 22.6 Å². The Hall–Kier alpha value is -0.100. The third-order valence-corrected chi connectivity index (χ3v) is 2.83. The Kier molecular flexibility index (Phi) is 4.18. The Bertz CT molecular complexity index is 273. The van der Waals surface area contributed by atoms with Crippen LogP contribution in [0.4, 0.5) is 0 Å². The van der Waals surface area contributed by atoms with Crippen molar-refractivity contribution in [3.05, 3.63) is 15.5 Å². The van der Waals surface area contributed by atoms with Crippen molar-refractivity contribution < 1.29 is 4.74 Å². The number of rotatable bonds is 4. The number of ether oxygens (including phenoxy) is 1. The molecule has 0 aromatic carbocycles.